The SMILES string of the molecule is CCCCCCCCC(C)(NCC)C(=O)[O-].[Na+]. The molecular weight excluding hydrogens is 225 g/mol. The number of nitrogens with one attached hydrogen (secondary N) is 1. The molecule has 0 aliphatic heterocycles. The summed E-state index contributed by atoms with van der Waals surface area (Å²) in [5, 5.41) is 14.0. The summed E-state index contributed by atoms with van der Waals surface area (Å²) in [4.78, 5) is 11.0. The van der Waals surface area contributed by atoms with Gasteiger partial charge in [0.05, 0.1) is 11.5 Å². The number of hydrogen-bond acceptors (Lipinski definition) is 3. The van der Waals surface area contributed by atoms with Crippen LogP contribution in [-0.4, -0.2) is 18.1 Å². The van der Waals surface area contributed by atoms with Crippen molar-refractivity contribution < 1.29 is 39.5 Å². The van der Waals surface area contributed by atoms with Crippen molar-refractivity contribution in [2.75, 3.05) is 6.54 Å². The Morgan fingerprint density at radius 1 is 1.12 bits per heavy atom. The number of carboxylic acid groups (broad SMARTS) is 1. The first-order chi connectivity index (χ1) is 7.56. The molecular formula is C13H26NNaO2. The Hall–Kier alpha value is 0.430. The van der Waals surface area contributed by atoms with E-state index in [0.29, 0.717) is 13.0 Å². The third-order valence-electron chi connectivity index (χ3n) is 3.05. The number of carbonyl (C=O) groups excluding carboxylic acids is 1. The Labute approximate surface area is 128 Å². The van der Waals surface area contributed by atoms with Gasteiger partial charge in [-0.3, -0.25) is 0 Å². The number of likely N-dealkylation sites (N-methyl/N-ethyl adjacent to an activating group) is 1. The van der Waals surface area contributed by atoms with E-state index in [2.05, 4.69) is 12.2 Å². The van der Waals surface area contributed by atoms with E-state index in [0.717, 1.165) is 12.8 Å². The van der Waals surface area contributed by atoms with Crippen molar-refractivity contribution in [3.8, 4) is 0 Å². The zero-order valence-corrected chi connectivity index (χ0v) is 14.0. The zero-order valence-electron chi connectivity index (χ0n) is 12.0. The monoisotopic (exact) mass is 251 g/mol. The minimum Gasteiger partial charge on any atom is -0.548 e. The molecule has 0 radical (unpaired) electrons. The van der Waals surface area contributed by atoms with Gasteiger partial charge in [-0.25, -0.2) is 0 Å². The third kappa shape index (κ3) is 9.06. The maximum Gasteiger partial charge on any atom is 1.00 e. The maximum absolute atomic E-state index is 11.0. The summed E-state index contributed by atoms with van der Waals surface area (Å²) in [7, 11) is 0. The van der Waals surface area contributed by atoms with Gasteiger partial charge in [0.2, 0.25) is 0 Å². The molecule has 0 saturated heterocycles. The van der Waals surface area contributed by atoms with E-state index < -0.39 is 11.5 Å². The van der Waals surface area contributed by atoms with E-state index in [-0.39, 0.29) is 29.6 Å². The Morgan fingerprint density at radius 3 is 2.12 bits per heavy atom. The van der Waals surface area contributed by atoms with E-state index in [1.54, 1.807) is 6.92 Å². The van der Waals surface area contributed by atoms with Crippen molar-refractivity contribution in [3.05, 3.63) is 0 Å². The normalized spacial score (nSPS) is 13.8. The molecule has 0 aromatic heterocycles. The van der Waals surface area contributed by atoms with Crippen molar-refractivity contribution in [1.82, 2.24) is 5.32 Å². The molecule has 4 heteroatoms. The molecule has 1 atom stereocenters. The third-order valence-corrected chi connectivity index (χ3v) is 3.05. The van der Waals surface area contributed by atoms with Gasteiger partial charge >= 0.3 is 29.6 Å². The first-order valence-corrected chi connectivity index (χ1v) is 6.53. The summed E-state index contributed by atoms with van der Waals surface area (Å²) < 4.78 is 0. The first-order valence-electron chi connectivity index (χ1n) is 6.53. The molecule has 0 spiro atoms. The van der Waals surface area contributed by atoms with Gasteiger partial charge < -0.3 is 15.2 Å². The number of hydrogen-bond donors (Lipinski definition) is 1. The molecule has 3 nitrogen and oxygen atoms in total. The van der Waals surface area contributed by atoms with Gasteiger partial charge in [-0.15, -0.1) is 0 Å². The van der Waals surface area contributed by atoms with Gasteiger partial charge in [-0.05, 0) is 19.9 Å². The second-order valence-corrected chi connectivity index (χ2v) is 4.67. The summed E-state index contributed by atoms with van der Waals surface area (Å²) in [5.74, 6) is -0.983. The first kappa shape index (κ1) is 19.8. The van der Waals surface area contributed by atoms with Crippen LogP contribution in [0.3, 0.4) is 0 Å². The van der Waals surface area contributed by atoms with Crippen LogP contribution in [0, 0.1) is 0 Å². The molecule has 0 bridgehead atoms. The fourth-order valence-corrected chi connectivity index (χ4v) is 1.91. The Morgan fingerprint density at radius 2 is 1.65 bits per heavy atom. The van der Waals surface area contributed by atoms with Crippen molar-refractivity contribution in [3.63, 3.8) is 0 Å². The number of aliphatic carboxylic acids is 1. The molecule has 0 fully saturated rings. The zero-order chi connectivity index (χ0) is 12.4. The second kappa shape index (κ2) is 11.5. The van der Waals surface area contributed by atoms with E-state index in [1.807, 2.05) is 6.92 Å². The standard InChI is InChI=1S/C13H27NO2.Na/c1-4-6-7-8-9-10-11-13(3,12(15)16)14-5-2;/h14H,4-11H2,1-3H3,(H,15,16);/q;+1/p-1. The minimum atomic E-state index is -0.983. The molecule has 0 aliphatic carbocycles. The van der Waals surface area contributed by atoms with Crippen molar-refractivity contribution in [2.24, 2.45) is 0 Å². The topological polar surface area (TPSA) is 52.2 Å². The van der Waals surface area contributed by atoms with Gasteiger partial charge in [-0.1, -0.05) is 52.4 Å². The van der Waals surface area contributed by atoms with E-state index in [4.69, 9.17) is 0 Å². The predicted octanol–water partition coefficient (Wildman–Crippen LogP) is -1.14. The van der Waals surface area contributed by atoms with Crippen LogP contribution in [0.2, 0.25) is 0 Å². The van der Waals surface area contributed by atoms with Gasteiger partial charge in [0.1, 0.15) is 0 Å². The quantitative estimate of drug-likeness (QED) is 0.394. The largest absolute Gasteiger partial charge is 1.00 e. The fourth-order valence-electron chi connectivity index (χ4n) is 1.91. The minimum absolute atomic E-state index is 0. The molecule has 1 unspecified atom stereocenters. The van der Waals surface area contributed by atoms with Crippen LogP contribution in [0.4, 0.5) is 0 Å². The summed E-state index contributed by atoms with van der Waals surface area (Å²) in [6.07, 6.45) is 7.74. The Bertz CT molecular complexity index is 200. The van der Waals surface area contributed by atoms with E-state index in [9.17, 15) is 9.90 Å². The summed E-state index contributed by atoms with van der Waals surface area (Å²) in [6.45, 7) is 6.50. The van der Waals surface area contributed by atoms with Gasteiger partial charge in [-0.2, -0.15) is 0 Å². The van der Waals surface area contributed by atoms with Crippen LogP contribution in [0.25, 0.3) is 0 Å². The molecule has 0 aliphatic rings. The number of rotatable bonds is 10. The molecule has 0 aromatic carbocycles. The van der Waals surface area contributed by atoms with Crippen molar-refractivity contribution in [1.29, 1.82) is 0 Å². The molecule has 0 aromatic rings. The summed E-state index contributed by atoms with van der Waals surface area (Å²) >= 11 is 0. The molecule has 96 valence electrons. The second-order valence-electron chi connectivity index (χ2n) is 4.67. The molecule has 0 saturated carbocycles. The van der Waals surface area contributed by atoms with Gasteiger partial charge in [0, 0.05) is 0 Å². The van der Waals surface area contributed by atoms with Crippen LogP contribution in [0.5, 0.6) is 0 Å². The molecule has 0 amide bonds. The van der Waals surface area contributed by atoms with Crippen LogP contribution in [-0.2, 0) is 4.79 Å². The van der Waals surface area contributed by atoms with E-state index >= 15 is 0 Å². The van der Waals surface area contributed by atoms with Gasteiger partial charge in [0.25, 0.3) is 0 Å². The molecule has 1 N–H and O–H groups in total. The number of carbonyl (C=O) groups is 1. The smallest absolute Gasteiger partial charge is 0.548 e. The number of unbranched alkanes of at least 4 members (excludes halogenated alkanes) is 5. The fraction of sp³-hybridized carbons (Fsp3) is 0.923. The van der Waals surface area contributed by atoms with Gasteiger partial charge in [0.15, 0.2) is 0 Å². The predicted molar refractivity (Wildman–Crippen MR) is 65.1 cm³/mol. The van der Waals surface area contributed by atoms with Crippen molar-refractivity contribution >= 4 is 5.97 Å². The van der Waals surface area contributed by atoms with Crippen LogP contribution >= 0.6 is 0 Å². The van der Waals surface area contributed by atoms with Crippen LogP contribution in [0.1, 0.15) is 65.7 Å². The average molecular weight is 251 g/mol. The Balaban J connectivity index is 0. The Kier molecular flexibility index (Phi) is 13.4. The van der Waals surface area contributed by atoms with Crippen molar-refractivity contribution in [2.45, 2.75) is 71.3 Å². The number of carboxylic acids is 1. The average Bonchev–Trinajstić information content (AvgIpc) is 2.23. The maximum atomic E-state index is 11.0. The van der Waals surface area contributed by atoms with Crippen LogP contribution in [0.15, 0.2) is 0 Å². The molecule has 0 heterocycles. The van der Waals surface area contributed by atoms with Crippen LogP contribution < -0.4 is 40.0 Å². The van der Waals surface area contributed by atoms with E-state index in [1.165, 1.54) is 25.7 Å². The summed E-state index contributed by atoms with van der Waals surface area (Å²) in [6, 6.07) is 0. The molecule has 17 heavy (non-hydrogen) atoms. The molecule has 0 rings (SSSR count). The summed E-state index contributed by atoms with van der Waals surface area (Å²) in [5.41, 5.74) is -0.848.